The molecule has 0 atom stereocenters. The molecule has 144 valence electrons. The quantitative estimate of drug-likeness (QED) is 0.718. The number of thioether (sulfide) groups is 1. The van der Waals surface area contributed by atoms with Crippen molar-refractivity contribution in [1.29, 1.82) is 0 Å². The molecule has 0 aliphatic carbocycles. The van der Waals surface area contributed by atoms with Crippen LogP contribution in [0.3, 0.4) is 0 Å². The molecule has 0 bridgehead atoms. The third-order valence-corrected chi connectivity index (χ3v) is 5.19. The molecule has 1 aliphatic rings. The van der Waals surface area contributed by atoms with Crippen LogP contribution < -0.4 is 14.8 Å². The van der Waals surface area contributed by atoms with E-state index in [1.54, 1.807) is 42.5 Å². The van der Waals surface area contributed by atoms with E-state index in [9.17, 15) is 9.59 Å². The van der Waals surface area contributed by atoms with Gasteiger partial charge in [0.25, 0.3) is 11.8 Å². The summed E-state index contributed by atoms with van der Waals surface area (Å²) in [7, 11) is 3.00. The Kier molecular flexibility index (Phi) is 6.28. The van der Waals surface area contributed by atoms with E-state index in [0.29, 0.717) is 37.6 Å². The van der Waals surface area contributed by atoms with E-state index in [0.717, 1.165) is 11.8 Å². The van der Waals surface area contributed by atoms with Crippen molar-refractivity contribution in [2.75, 3.05) is 14.2 Å². The number of rotatable bonds is 4. The minimum atomic E-state index is -0.481. The van der Waals surface area contributed by atoms with Crippen molar-refractivity contribution in [1.82, 2.24) is 5.32 Å². The molecule has 28 heavy (non-hydrogen) atoms. The van der Waals surface area contributed by atoms with Crippen molar-refractivity contribution >= 4 is 58.0 Å². The zero-order chi connectivity index (χ0) is 20.3. The van der Waals surface area contributed by atoms with E-state index < -0.39 is 5.91 Å². The van der Waals surface area contributed by atoms with Crippen LogP contribution in [0, 0.1) is 0 Å². The van der Waals surface area contributed by atoms with Crippen molar-refractivity contribution in [3.05, 3.63) is 62.5 Å². The number of nitrogens with zero attached hydrogens (tertiary/aromatic N) is 1. The summed E-state index contributed by atoms with van der Waals surface area (Å²) in [6.45, 7) is 0. The van der Waals surface area contributed by atoms with E-state index in [1.807, 2.05) is 0 Å². The number of methoxy groups -OCH3 is 2. The smallest absolute Gasteiger partial charge is 0.279 e. The highest BCUT2D eigenvalue weighted by Gasteiger charge is 2.25. The van der Waals surface area contributed by atoms with Gasteiger partial charge in [0.1, 0.15) is 11.5 Å². The number of hydrogen-bond donors (Lipinski definition) is 1. The van der Waals surface area contributed by atoms with Gasteiger partial charge in [-0.2, -0.15) is 4.99 Å². The van der Waals surface area contributed by atoms with Crippen LogP contribution in [-0.2, 0) is 4.79 Å². The van der Waals surface area contributed by atoms with Crippen LogP contribution >= 0.6 is 35.0 Å². The summed E-state index contributed by atoms with van der Waals surface area (Å²) in [5, 5.41) is 3.66. The highest BCUT2D eigenvalue weighted by Crippen LogP contribution is 2.35. The maximum absolute atomic E-state index is 12.3. The third kappa shape index (κ3) is 4.49. The maximum Gasteiger partial charge on any atom is 0.279 e. The molecule has 6 nitrogen and oxygen atoms in total. The molecule has 0 unspecified atom stereocenters. The van der Waals surface area contributed by atoms with Crippen molar-refractivity contribution in [2.24, 2.45) is 4.99 Å². The molecule has 2 aromatic carbocycles. The molecule has 2 aromatic rings. The Hall–Kier alpha value is -2.48. The minimum Gasteiger partial charge on any atom is -0.496 e. The lowest BCUT2D eigenvalue weighted by atomic mass is 10.1. The van der Waals surface area contributed by atoms with Gasteiger partial charge in [-0.3, -0.25) is 9.59 Å². The number of carbonyl (C=O) groups is 2. The minimum absolute atomic E-state index is 0.190. The zero-order valence-corrected chi connectivity index (χ0v) is 17.1. The Balaban J connectivity index is 1.85. The first-order valence-electron chi connectivity index (χ1n) is 7.92. The fraction of sp³-hybridized carbons (Fsp3) is 0.105. The normalized spacial score (nSPS) is 16.4. The molecule has 1 aliphatic heterocycles. The highest BCUT2D eigenvalue weighted by molar-refractivity contribution is 8.18. The molecule has 1 saturated heterocycles. The Labute approximate surface area is 175 Å². The number of amidine groups is 1. The summed E-state index contributed by atoms with van der Waals surface area (Å²) in [5.74, 6) is 0.0947. The summed E-state index contributed by atoms with van der Waals surface area (Å²) in [6.07, 6.45) is 1.61. The first-order chi connectivity index (χ1) is 13.4. The Morgan fingerprint density at radius 2 is 1.79 bits per heavy atom. The summed E-state index contributed by atoms with van der Waals surface area (Å²) in [6, 6.07) is 9.59. The largest absolute Gasteiger partial charge is 0.496 e. The molecule has 0 aromatic heterocycles. The number of amides is 2. The van der Waals surface area contributed by atoms with Crippen LogP contribution in [0.2, 0.25) is 10.0 Å². The average Bonchev–Trinajstić information content (AvgIpc) is 3.01. The van der Waals surface area contributed by atoms with Gasteiger partial charge in [-0.1, -0.05) is 23.2 Å². The number of carbonyl (C=O) groups excluding carboxylic acids is 2. The number of benzene rings is 2. The first kappa shape index (κ1) is 20.3. The third-order valence-electron chi connectivity index (χ3n) is 3.74. The fourth-order valence-corrected chi connectivity index (χ4v) is 3.55. The van der Waals surface area contributed by atoms with Gasteiger partial charge in [0.15, 0.2) is 5.17 Å². The lowest BCUT2D eigenvalue weighted by Gasteiger charge is -2.09. The van der Waals surface area contributed by atoms with E-state index in [4.69, 9.17) is 32.7 Å². The monoisotopic (exact) mass is 436 g/mol. The lowest BCUT2D eigenvalue weighted by Crippen LogP contribution is -2.20. The van der Waals surface area contributed by atoms with Gasteiger partial charge in [0, 0.05) is 22.2 Å². The number of aliphatic imine (C=N–C) groups is 1. The van der Waals surface area contributed by atoms with Crippen LogP contribution in [0.1, 0.15) is 15.9 Å². The molecule has 0 spiro atoms. The number of ether oxygens (including phenoxy) is 2. The molecule has 0 radical (unpaired) electrons. The average molecular weight is 437 g/mol. The molecule has 1 fully saturated rings. The SMILES string of the molecule is COc1cc(OC)c(/C=C2\SC(=NC(=O)c3ccc(Cl)cc3)NC2=O)cc1Cl. The summed E-state index contributed by atoms with van der Waals surface area (Å²) in [4.78, 5) is 28.8. The van der Waals surface area contributed by atoms with Crippen molar-refractivity contribution in [3.63, 3.8) is 0 Å². The molecule has 1 heterocycles. The van der Waals surface area contributed by atoms with Gasteiger partial charge in [0.2, 0.25) is 0 Å². The number of hydrogen-bond acceptors (Lipinski definition) is 5. The maximum atomic E-state index is 12.3. The highest BCUT2D eigenvalue weighted by atomic mass is 35.5. The van der Waals surface area contributed by atoms with Crippen LogP contribution in [-0.4, -0.2) is 31.2 Å². The van der Waals surface area contributed by atoms with Crippen molar-refractivity contribution in [2.45, 2.75) is 0 Å². The van der Waals surface area contributed by atoms with E-state index in [-0.39, 0.29) is 11.1 Å². The van der Waals surface area contributed by atoms with E-state index >= 15 is 0 Å². The second kappa shape index (κ2) is 8.68. The van der Waals surface area contributed by atoms with Crippen LogP contribution in [0.15, 0.2) is 46.3 Å². The number of nitrogens with one attached hydrogen (secondary N) is 1. The molecule has 2 amide bonds. The second-order valence-electron chi connectivity index (χ2n) is 5.52. The van der Waals surface area contributed by atoms with Gasteiger partial charge >= 0.3 is 0 Å². The van der Waals surface area contributed by atoms with Crippen LogP contribution in [0.25, 0.3) is 6.08 Å². The molecule has 1 N–H and O–H groups in total. The van der Waals surface area contributed by atoms with Gasteiger partial charge in [-0.25, -0.2) is 0 Å². The summed E-state index contributed by atoms with van der Waals surface area (Å²) in [5.41, 5.74) is 0.962. The van der Waals surface area contributed by atoms with Crippen molar-refractivity contribution in [3.8, 4) is 11.5 Å². The lowest BCUT2D eigenvalue weighted by molar-refractivity contribution is -0.115. The van der Waals surface area contributed by atoms with Crippen molar-refractivity contribution < 1.29 is 19.1 Å². The number of halogens is 2. The fourth-order valence-electron chi connectivity index (χ4n) is 2.37. The molecule has 0 saturated carbocycles. The Bertz CT molecular complexity index is 1000. The second-order valence-corrected chi connectivity index (χ2v) is 7.40. The van der Waals surface area contributed by atoms with Gasteiger partial charge in [-0.15, -0.1) is 0 Å². The van der Waals surface area contributed by atoms with Gasteiger partial charge < -0.3 is 14.8 Å². The van der Waals surface area contributed by atoms with Gasteiger partial charge in [0.05, 0.1) is 24.1 Å². The van der Waals surface area contributed by atoms with Gasteiger partial charge in [-0.05, 0) is 48.2 Å². The molecular formula is C19H14Cl2N2O4S. The molecule has 9 heteroatoms. The van der Waals surface area contributed by atoms with Crippen LogP contribution in [0.4, 0.5) is 0 Å². The Morgan fingerprint density at radius 1 is 1.11 bits per heavy atom. The Morgan fingerprint density at radius 3 is 2.43 bits per heavy atom. The predicted molar refractivity (Wildman–Crippen MR) is 111 cm³/mol. The van der Waals surface area contributed by atoms with Crippen LogP contribution in [0.5, 0.6) is 11.5 Å². The predicted octanol–water partition coefficient (Wildman–Crippen LogP) is 4.41. The summed E-state index contributed by atoms with van der Waals surface area (Å²) >= 11 is 13.0. The zero-order valence-electron chi connectivity index (χ0n) is 14.8. The standard InChI is InChI=1S/C19H14Cl2N2O4S/c1-26-14-9-15(27-2)13(21)7-11(14)8-16-18(25)23-19(28-16)22-17(24)10-3-5-12(20)6-4-10/h3-9H,1-2H3,(H,22,23,24,25)/b16-8-. The topological polar surface area (TPSA) is 77.0 Å². The van der Waals surface area contributed by atoms with E-state index in [1.165, 1.54) is 14.2 Å². The van der Waals surface area contributed by atoms with E-state index in [2.05, 4.69) is 10.3 Å². The molecular weight excluding hydrogens is 423 g/mol. The first-order valence-corrected chi connectivity index (χ1v) is 9.49. The summed E-state index contributed by atoms with van der Waals surface area (Å²) < 4.78 is 10.5. The molecule has 3 rings (SSSR count).